The second-order valence-corrected chi connectivity index (χ2v) is 5.15. The lowest BCUT2D eigenvalue weighted by molar-refractivity contribution is -0.148. The Balaban J connectivity index is 2.99. The summed E-state index contributed by atoms with van der Waals surface area (Å²) in [7, 11) is 0. The highest BCUT2D eigenvalue weighted by Crippen LogP contribution is 2.34. The molecule has 0 radical (unpaired) electrons. The first kappa shape index (κ1) is 11.5. The number of ether oxygens (including phenoxy) is 1. The second kappa shape index (κ2) is 3.21. The van der Waals surface area contributed by atoms with Gasteiger partial charge in [0.15, 0.2) is 0 Å². The van der Waals surface area contributed by atoms with Gasteiger partial charge in [-0.2, -0.15) is 0 Å². The molecule has 0 spiro atoms. The van der Waals surface area contributed by atoms with E-state index in [2.05, 4.69) is 0 Å². The summed E-state index contributed by atoms with van der Waals surface area (Å²) < 4.78 is 5.50. The standard InChI is InChI=1S/C10H19NO3/c1-9(2,3)11-7(8(12)13)6-14-10(11,4)5/h7H,6H2,1-5H3,(H,12,13). The normalized spacial score (nSPS) is 27.9. The van der Waals surface area contributed by atoms with Gasteiger partial charge < -0.3 is 9.84 Å². The molecule has 1 aliphatic heterocycles. The van der Waals surface area contributed by atoms with Gasteiger partial charge in [0.05, 0.1) is 6.61 Å². The summed E-state index contributed by atoms with van der Waals surface area (Å²) in [6.07, 6.45) is 0. The lowest BCUT2D eigenvalue weighted by atomic mass is 10.0. The van der Waals surface area contributed by atoms with Crippen molar-refractivity contribution in [3.63, 3.8) is 0 Å². The molecule has 82 valence electrons. The van der Waals surface area contributed by atoms with Gasteiger partial charge in [0.25, 0.3) is 0 Å². The number of carboxylic acid groups (broad SMARTS) is 1. The van der Waals surface area contributed by atoms with Gasteiger partial charge in [0, 0.05) is 5.54 Å². The Hall–Kier alpha value is -0.610. The number of nitrogens with zero attached hydrogens (tertiary/aromatic N) is 1. The molecule has 14 heavy (non-hydrogen) atoms. The fraction of sp³-hybridized carbons (Fsp3) is 0.900. The molecule has 1 heterocycles. The third-order valence-electron chi connectivity index (χ3n) is 2.49. The van der Waals surface area contributed by atoms with Crippen LogP contribution in [0.4, 0.5) is 0 Å². The number of hydrogen-bond donors (Lipinski definition) is 1. The topological polar surface area (TPSA) is 49.8 Å². The van der Waals surface area contributed by atoms with Crippen LogP contribution in [0.25, 0.3) is 0 Å². The molecule has 0 amide bonds. The summed E-state index contributed by atoms with van der Waals surface area (Å²) in [5.41, 5.74) is -0.704. The Morgan fingerprint density at radius 2 is 2.00 bits per heavy atom. The molecular weight excluding hydrogens is 182 g/mol. The molecule has 0 aromatic carbocycles. The summed E-state index contributed by atoms with van der Waals surface area (Å²) in [4.78, 5) is 12.9. The van der Waals surface area contributed by atoms with Crippen molar-refractivity contribution >= 4 is 5.97 Å². The quantitative estimate of drug-likeness (QED) is 0.695. The second-order valence-electron chi connectivity index (χ2n) is 5.15. The van der Waals surface area contributed by atoms with Crippen LogP contribution in [0.2, 0.25) is 0 Å². The van der Waals surface area contributed by atoms with E-state index in [4.69, 9.17) is 9.84 Å². The highest BCUT2D eigenvalue weighted by atomic mass is 16.5. The molecular formula is C10H19NO3. The van der Waals surface area contributed by atoms with Crippen molar-refractivity contribution in [1.82, 2.24) is 4.90 Å². The van der Waals surface area contributed by atoms with E-state index in [1.165, 1.54) is 0 Å². The zero-order valence-corrected chi connectivity index (χ0v) is 9.50. The van der Waals surface area contributed by atoms with Crippen LogP contribution in [0.15, 0.2) is 0 Å². The highest BCUT2D eigenvalue weighted by Gasteiger charge is 2.49. The summed E-state index contributed by atoms with van der Waals surface area (Å²) >= 11 is 0. The largest absolute Gasteiger partial charge is 0.480 e. The van der Waals surface area contributed by atoms with Crippen molar-refractivity contribution in [2.75, 3.05) is 6.61 Å². The average molecular weight is 201 g/mol. The predicted molar refractivity (Wildman–Crippen MR) is 53.0 cm³/mol. The van der Waals surface area contributed by atoms with Gasteiger partial charge >= 0.3 is 5.97 Å². The minimum atomic E-state index is -0.814. The summed E-state index contributed by atoms with van der Waals surface area (Å²) in [5, 5.41) is 9.06. The Kier molecular flexibility index (Phi) is 2.63. The van der Waals surface area contributed by atoms with Gasteiger partial charge in [-0.3, -0.25) is 9.69 Å². The van der Waals surface area contributed by atoms with Crippen LogP contribution in [-0.4, -0.2) is 39.9 Å². The SMILES string of the molecule is CC(C)(C)N1C(C(=O)O)COC1(C)C. The van der Waals surface area contributed by atoms with Gasteiger partial charge in [0.2, 0.25) is 0 Å². The van der Waals surface area contributed by atoms with E-state index in [0.717, 1.165) is 0 Å². The smallest absolute Gasteiger partial charge is 0.323 e. The van der Waals surface area contributed by atoms with Gasteiger partial charge in [-0.25, -0.2) is 0 Å². The summed E-state index contributed by atoms with van der Waals surface area (Å²) in [6.45, 7) is 10.1. The molecule has 0 aromatic rings. The fourth-order valence-corrected chi connectivity index (χ4v) is 2.26. The Labute approximate surface area is 84.8 Å². The van der Waals surface area contributed by atoms with Crippen LogP contribution in [0.3, 0.4) is 0 Å². The number of hydrogen-bond acceptors (Lipinski definition) is 3. The third-order valence-corrected chi connectivity index (χ3v) is 2.49. The van der Waals surface area contributed by atoms with E-state index in [-0.39, 0.29) is 12.1 Å². The van der Waals surface area contributed by atoms with Crippen LogP contribution < -0.4 is 0 Å². The van der Waals surface area contributed by atoms with Crippen molar-refractivity contribution in [3.05, 3.63) is 0 Å². The molecule has 1 aliphatic rings. The van der Waals surface area contributed by atoms with Crippen LogP contribution in [0.1, 0.15) is 34.6 Å². The first-order chi connectivity index (χ1) is 6.16. The zero-order valence-electron chi connectivity index (χ0n) is 9.50. The first-order valence-electron chi connectivity index (χ1n) is 4.82. The Bertz CT molecular complexity index is 242. The van der Waals surface area contributed by atoms with E-state index in [1.54, 1.807) is 0 Å². The van der Waals surface area contributed by atoms with Crippen molar-refractivity contribution in [2.24, 2.45) is 0 Å². The molecule has 0 aromatic heterocycles. The predicted octanol–water partition coefficient (Wildman–Crippen LogP) is 1.31. The van der Waals surface area contributed by atoms with E-state index in [0.29, 0.717) is 0 Å². The van der Waals surface area contributed by atoms with Crippen LogP contribution in [0.5, 0.6) is 0 Å². The average Bonchev–Trinajstić information content (AvgIpc) is 2.23. The highest BCUT2D eigenvalue weighted by molar-refractivity contribution is 5.74. The van der Waals surface area contributed by atoms with Crippen LogP contribution in [0, 0.1) is 0 Å². The number of rotatable bonds is 1. The molecule has 1 saturated heterocycles. The van der Waals surface area contributed by atoms with Crippen molar-refractivity contribution in [1.29, 1.82) is 0 Å². The molecule has 0 aliphatic carbocycles. The maximum atomic E-state index is 11.0. The third kappa shape index (κ3) is 1.91. The molecule has 1 rings (SSSR count). The molecule has 1 atom stereocenters. The van der Waals surface area contributed by atoms with E-state index < -0.39 is 17.7 Å². The Morgan fingerprint density at radius 1 is 1.50 bits per heavy atom. The molecule has 1 N–H and O–H groups in total. The summed E-state index contributed by atoms with van der Waals surface area (Å²) in [5.74, 6) is -0.814. The molecule has 1 unspecified atom stereocenters. The minimum absolute atomic E-state index is 0.205. The first-order valence-corrected chi connectivity index (χ1v) is 4.82. The lowest BCUT2D eigenvalue weighted by Gasteiger charge is -2.42. The maximum absolute atomic E-state index is 11.0. The minimum Gasteiger partial charge on any atom is -0.480 e. The monoisotopic (exact) mass is 201 g/mol. The zero-order chi connectivity index (χ0) is 11.1. The van der Waals surface area contributed by atoms with E-state index >= 15 is 0 Å². The fourth-order valence-electron chi connectivity index (χ4n) is 2.26. The molecule has 0 bridgehead atoms. The number of carboxylic acids is 1. The molecule has 4 nitrogen and oxygen atoms in total. The van der Waals surface area contributed by atoms with Crippen molar-refractivity contribution in [3.8, 4) is 0 Å². The number of carbonyl (C=O) groups is 1. The Morgan fingerprint density at radius 3 is 2.29 bits per heavy atom. The van der Waals surface area contributed by atoms with Crippen LogP contribution in [-0.2, 0) is 9.53 Å². The maximum Gasteiger partial charge on any atom is 0.323 e. The van der Waals surface area contributed by atoms with Gasteiger partial charge in [-0.05, 0) is 34.6 Å². The number of aliphatic carboxylic acids is 1. The summed E-state index contributed by atoms with van der Waals surface area (Å²) in [6, 6.07) is -0.537. The van der Waals surface area contributed by atoms with Gasteiger partial charge in [0.1, 0.15) is 11.8 Å². The van der Waals surface area contributed by atoms with Crippen molar-refractivity contribution in [2.45, 2.75) is 51.9 Å². The lowest BCUT2D eigenvalue weighted by Crippen LogP contribution is -2.56. The van der Waals surface area contributed by atoms with Crippen molar-refractivity contribution < 1.29 is 14.6 Å². The molecule has 1 fully saturated rings. The molecule has 4 heteroatoms. The van der Waals surface area contributed by atoms with E-state index in [9.17, 15) is 4.79 Å². The van der Waals surface area contributed by atoms with Gasteiger partial charge in [-0.1, -0.05) is 0 Å². The van der Waals surface area contributed by atoms with Gasteiger partial charge in [-0.15, -0.1) is 0 Å². The van der Waals surface area contributed by atoms with E-state index in [1.807, 2.05) is 39.5 Å². The van der Waals surface area contributed by atoms with Crippen LogP contribution >= 0.6 is 0 Å². The molecule has 0 saturated carbocycles.